The van der Waals surface area contributed by atoms with Gasteiger partial charge in [-0.2, -0.15) is 5.10 Å². The highest BCUT2D eigenvalue weighted by atomic mass is 19.1. The van der Waals surface area contributed by atoms with Crippen molar-refractivity contribution in [3.8, 4) is 0 Å². The van der Waals surface area contributed by atoms with Crippen molar-refractivity contribution in [1.82, 2.24) is 20.4 Å². The molecule has 0 spiro atoms. The Balaban J connectivity index is 1.50. The molecule has 3 rings (SSSR count). The summed E-state index contributed by atoms with van der Waals surface area (Å²) >= 11 is 0. The summed E-state index contributed by atoms with van der Waals surface area (Å²) in [5.74, 6) is 0.000550. The molecule has 1 atom stereocenters. The maximum absolute atomic E-state index is 13.1. The molecule has 1 fully saturated rings. The summed E-state index contributed by atoms with van der Waals surface area (Å²) in [5.41, 5.74) is 1.78. The van der Waals surface area contributed by atoms with Crippen LogP contribution in [0.5, 0.6) is 0 Å². The van der Waals surface area contributed by atoms with Gasteiger partial charge in [0, 0.05) is 25.2 Å². The van der Waals surface area contributed by atoms with Gasteiger partial charge >= 0.3 is 0 Å². The molecule has 0 radical (unpaired) electrons. The van der Waals surface area contributed by atoms with Crippen LogP contribution in [0.3, 0.4) is 0 Å². The Bertz CT molecular complexity index is 664. The van der Waals surface area contributed by atoms with E-state index in [0.717, 1.165) is 37.2 Å². The SMILES string of the molecule is O=C(Cn1ccc([C@H]2CCCNC2)n1)NCc1cccc(F)c1. The van der Waals surface area contributed by atoms with Crippen LogP contribution < -0.4 is 10.6 Å². The number of amides is 1. The number of hydrogen-bond acceptors (Lipinski definition) is 3. The molecule has 6 heteroatoms. The van der Waals surface area contributed by atoms with Gasteiger partial charge in [0.2, 0.25) is 5.91 Å². The van der Waals surface area contributed by atoms with E-state index in [9.17, 15) is 9.18 Å². The van der Waals surface area contributed by atoms with Gasteiger partial charge in [0.05, 0.1) is 5.69 Å². The van der Waals surface area contributed by atoms with Gasteiger partial charge in [0.25, 0.3) is 0 Å². The van der Waals surface area contributed by atoms with E-state index in [1.807, 2.05) is 12.3 Å². The predicted molar refractivity (Wildman–Crippen MR) is 85.3 cm³/mol. The molecule has 5 nitrogen and oxygen atoms in total. The summed E-state index contributed by atoms with van der Waals surface area (Å²) in [6.07, 6.45) is 4.13. The van der Waals surface area contributed by atoms with Crippen molar-refractivity contribution >= 4 is 5.91 Å². The number of carbonyl (C=O) groups is 1. The molecule has 122 valence electrons. The van der Waals surface area contributed by atoms with Crippen LogP contribution in [-0.4, -0.2) is 28.8 Å². The molecule has 1 saturated heterocycles. The number of piperidine rings is 1. The Morgan fingerprint density at radius 2 is 2.35 bits per heavy atom. The molecule has 0 saturated carbocycles. The van der Waals surface area contributed by atoms with Crippen LogP contribution in [0, 0.1) is 5.82 Å². The first-order valence-corrected chi connectivity index (χ1v) is 7.96. The monoisotopic (exact) mass is 316 g/mol. The Hall–Kier alpha value is -2.21. The molecule has 0 bridgehead atoms. The zero-order valence-electron chi connectivity index (χ0n) is 13.0. The van der Waals surface area contributed by atoms with Gasteiger partial charge in [-0.05, 0) is 43.1 Å². The Morgan fingerprint density at radius 3 is 3.13 bits per heavy atom. The molecule has 1 aliphatic rings. The fraction of sp³-hybridized carbons (Fsp3) is 0.412. The topological polar surface area (TPSA) is 59.0 Å². The number of aromatic nitrogens is 2. The molecule has 1 aromatic heterocycles. The number of carbonyl (C=O) groups excluding carboxylic acids is 1. The van der Waals surface area contributed by atoms with Crippen molar-refractivity contribution in [3.63, 3.8) is 0 Å². The number of rotatable bonds is 5. The molecule has 0 unspecified atom stereocenters. The molecule has 1 amide bonds. The summed E-state index contributed by atoms with van der Waals surface area (Å²) in [4.78, 5) is 12.0. The van der Waals surface area contributed by atoms with Gasteiger partial charge in [-0.15, -0.1) is 0 Å². The fourth-order valence-electron chi connectivity index (χ4n) is 2.84. The molecule has 0 aliphatic carbocycles. The summed E-state index contributed by atoms with van der Waals surface area (Å²) in [7, 11) is 0. The standard InChI is InChI=1S/C17H21FN4O/c18-15-5-1-3-13(9-15)10-20-17(23)12-22-8-6-16(21-22)14-4-2-7-19-11-14/h1,3,5-6,8-9,14,19H,2,4,7,10-12H2,(H,20,23)/t14-/m0/s1. The molecule has 23 heavy (non-hydrogen) atoms. The van der Waals surface area contributed by atoms with Crippen LogP contribution in [0.4, 0.5) is 4.39 Å². The van der Waals surface area contributed by atoms with Gasteiger partial charge in [-0.3, -0.25) is 9.48 Å². The lowest BCUT2D eigenvalue weighted by Gasteiger charge is -2.20. The molecule has 1 aliphatic heterocycles. The maximum atomic E-state index is 13.1. The van der Waals surface area contributed by atoms with Crippen molar-refractivity contribution < 1.29 is 9.18 Å². The summed E-state index contributed by atoms with van der Waals surface area (Å²) in [5, 5.41) is 10.7. The molecule has 2 heterocycles. The number of benzene rings is 1. The number of nitrogens with one attached hydrogen (secondary N) is 2. The third kappa shape index (κ3) is 4.39. The largest absolute Gasteiger partial charge is 0.350 e. The normalized spacial score (nSPS) is 17.9. The Morgan fingerprint density at radius 1 is 1.43 bits per heavy atom. The molecule has 2 N–H and O–H groups in total. The van der Waals surface area contributed by atoms with E-state index < -0.39 is 0 Å². The Labute approximate surface area is 134 Å². The summed E-state index contributed by atoms with van der Waals surface area (Å²) < 4.78 is 14.7. The van der Waals surface area contributed by atoms with Crippen molar-refractivity contribution in [1.29, 1.82) is 0 Å². The van der Waals surface area contributed by atoms with Crippen molar-refractivity contribution in [3.05, 3.63) is 53.6 Å². The highest BCUT2D eigenvalue weighted by Crippen LogP contribution is 2.21. The van der Waals surface area contributed by atoms with Gasteiger partial charge in [0.1, 0.15) is 12.4 Å². The van der Waals surface area contributed by atoms with E-state index >= 15 is 0 Å². The van der Waals surface area contributed by atoms with E-state index in [1.165, 1.54) is 12.1 Å². The third-order valence-electron chi connectivity index (χ3n) is 4.06. The van der Waals surface area contributed by atoms with Crippen molar-refractivity contribution in [2.24, 2.45) is 0 Å². The zero-order valence-corrected chi connectivity index (χ0v) is 13.0. The second-order valence-electron chi connectivity index (χ2n) is 5.89. The zero-order chi connectivity index (χ0) is 16.1. The summed E-state index contributed by atoms with van der Waals surface area (Å²) in [6, 6.07) is 8.21. The first kappa shape index (κ1) is 15.7. The number of halogens is 1. The second kappa shape index (κ2) is 7.37. The summed E-state index contributed by atoms with van der Waals surface area (Å²) in [6.45, 7) is 2.51. The fourth-order valence-corrected chi connectivity index (χ4v) is 2.84. The Kier molecular flexibility index (Phi) is 5.02. The van der Waals surface area contributed by atoms with Crippen LogP contribution in [0.1, 0.15) is 30.0 Å². The van der Waals surface area contributed by atoms with Crippen molar-refractivity contribution in [2.75, 3.05) is 13.1 Å². The van der Waals surface area contributed by atoms with E-state index in [2.05, 4.69) is 15.7 Å². The third-order valence-corrected chi connectivity index (χ3v) is 4.06. The minimum absolute atomic E-state index is 0.134. The molecule has 1 aromatic carbocycles. The average molecular weight is 316 g/mol. The van der Waals surface area contributed by atoms with E-state index in [1.54, 1.807) is 16.8 Å². The van der Waals surface area contributed by atoms with Crippen LogP contribution in [0.2, 0.25) is 0 Å². The van der Waals surface area contributed by atoms with Crippen LogP contribution in [0.15, 0.2) is 36.5 Å². The maximum Gasteiger partial charge on any atom is 0.241 e. The van der Waals surface area contributed by atoms with Crippen LogP contribution in [0.25, 0.3) is 0 Å². The first-order chi connectivity index (χ1) is 11.2. The molecule has 2 aromatic rings. The predicted octanol–water partition coefficient (Wildman–Crippen LogP) is 1.81. The lowest BCUT2D eigenvalue weighted by molar-refractivity contribution is -0.122. The van der Waals surface area contributed by atoms with E-state index in [0.29, 0.717) is 12.5 Å². The van der Waals surface area contributed by atoms with Gasteiger partial charge in [-0.1, -0.05) is 12.1 Å². The number of nitrogens with zero attached hydrogens (tertiary/aromatic N) is 2. The van der Waals surface area contributed by atoms with Gasteiger partial charge in [0.15, 0.2) is 0 Å². The minimum atomic E-state index is -0.297. The average Bonchev–Trinajstić information content (AvgIpc) is 3.02. The van der Waals surface area contributed by atoms with Crippen molar-refractivity contribution in [2.45, 2.75) is 31.8 Å². The lowest BCUT2D eigenvalue weighted by Crippen LogP contribution is -2.29. The quantitative estimate of drug-likeness (QED) is 0.884. The second-order valence-corrected chi connectivity index (χ2v) is 5.89. The van der Waals surface area contributed by atoms with Crippen LogP contribution >= 0.6 is 0 Å². The highest BCUT2D eigenvalue weighted by molar-refractivity contribution is 5.75. The van der Waals surface area contributed by atoms with E-state index in [4.69, 9.17) is 0 Å². The molecular weight excluding hydrogens is 295 g/mol. The first-order valence-electron chi connectivity index (χ1n) is 7.96. The lowest BCUT2D eigenvalue weighted by atomic mass is 9.97. The van der Waals surface area contributed by atoms with Gasteiger partial charge < -0.3 is 10.6 Å². The number of hydrogen-bond donors (Lipinski definition) is 2. The van der Waals surface area contributed by atoms with E-state index in [-0.39, 0.29) is 18.3 Å². The molecular formula is C17H21FN4O. The van der Waals surface area contributed by atoms with Crippen LogP contribution in [-0.2, 0) is 17.9 Å². The smallest absolute Gasteiger partial charge is 0.241 e. The highest BCUT2D eigenvalue weighted by Gasteiger charge is 2.17. The van der Waals surface area contributed by atoms with Gasteiger partial charge in [-0.25, -0.2) is 4.39 Å². The minimum Gasteiger partial charge on any atom is -0.350 e.